The van der Waals surface area contributed by atoms with Crippen molar-refractivity contribution in [3.63, 3.8) is 0 Å². The molecule has 0 heterocycles. The Kier molecular flexibility index (Phi) is 9.27. The first-order chi connectivity index (χ1) is 18.4. The lowest BCUT2D eigenvalue weighted by molar-refractivity contribution is -0.140. The van der Waals surface area contributed by atoms with Crippen LogP contribution in [0.15, 0.2) is 66.7 Å². The van der Waals surface area contributed by atoms with Gasteiger partial charge < -0.3 is 10.2 Å². The molecule has 0 bridgehead atoms. The van der Waals surface area contributed by atoms with Crippen molar-refractivity contribution in [1.29, 1.82) is 5.26 Å². The Morgan fingerprint density at radius 1 is 0.923 bits per heavy atom. The number of carbonyl (C=O) groups excluding carboxylic acids is 2. The number of hydrogen-bond donors (Lipinski definition) is 1. The van der Waals surface area contributed by atoms with Crippen LogP contribution in [-0.2, 0) is 11.0 Å². The quantitative estimate of drug-likeness (QED) is 0.385. The summed E-state index contributed by atoms with van der Waals surface area (Å²) in [5.41, 5.74) is 0.809. The summed E-state index contributed by atoms with van der Waals surface area (Å²) in [5.74, 6) is -1.58. The van der Waals surface area contributed by atoms with Crippen molar-refractivity contribution in [3.8, 4) is 17.2 Å². The van der Waals surface area contributed by atoms with Crippen LogP contribution >= 0.6 is 0 Å². The lowest BCUT2D eigenvalue weighted by Crippen LogP contribution is -2.42. The Morgan fingerprint density at radius 2 is 1.62 bits per heavy atom. The van der Waals surface area contributed by atoms with Crippen LogP contribution in [0.2, 0.25) is 0 Å². The molecule has 0 saturated carbocycles. The Labute approximate surface area is 223 Å². The third-order valence-electron chi connectivity index (χ3n) is 5.88. The van der Waals surface area contributed by atoms with Crippen LogP contribution < -0.4 is 10.2 Å². The van der Waals surface area contributed by atoms with Gasteiger partial charge in [0.2, 0.25) is 5.91 Å². The number of nitrogens with zero attached hydrogens (tertiary/aromatic N) is 4. The number of halogens is 4. The molecule has 0 radical (unpaired) electrons. The predicted octanol–water partition coefficient (Wildman–Crippen LogP) is 5.44. The molecule has 3 aromatic rings. The highest BCUT2D eigenvalue weighted by atomic mass is 19.4. The van der Waals surface area contributed by atoms with Gasteiger partial charge in [-0.15, -0.1) is 0 Å². The van der Waals surface area contributed by atoms with Gasteiger partial charge in [-0.3, -0.25) is 14.6 Å². The van der Waals surface area contributed by atoms with Gasteiger partial charge in [0.15, 0.2) is 0 Å². The van der Waals surface area contributed by atoms with Crippen LogP contribution in [0.5, 0.6) is 0 Å². The summed E-state index contributed by atoms with van der Waals surface area (Å²) >= 11 is 0. The lowest BCUT2D eigenvalue weighted by atomic mass is 10.0. The predicted molar refractivity (Wildman–Crippen MR) is 141 cm³/mol. The third-order valence-corrected chi connectivity index (χ3v) is 5.88. The summed E-state index contributed by atoms with van der Waals surface area (Å²) in [6.45, 7) is 0.472. The van der Waals surface area contributed by atoms with E-state index in [1.807, 2.05) is 6.07 Å². The van der Waals surface area contributed by atoms with E-state index in [4.69, 9.17) is 5.26 Å². The van der Waals surface area contributed by atoms with E-state index in [1.54, 1.807) is 68.5 Å². The fourth-order valence-corrected chi connectivity index (χ4v) is 3.68. The van der Waals surface area contributed by atoms with Gasteiger partial charge in [0, 0.05) is 38.6 Å². The highest BCUT2D eigenvalue weighted by molar-refractivity contribution is 6.02. The number of rotatable bonds is 8. The monoisotopic (exact) mass is 541 g/mol. The fraction of sp³-hybridized carbons (Fsp3) is 0.250. The average Bonchev–Trinajstić information content (AvgIpc) is 2.89. The van der Waals surface area contributed by atoms with Gasteiger partial charge in [-0.1, -0.05) is 24.3 Å². The second-order valence-corrected chi connectivity index (χ2v) is 9.04. The van der Waals surface area contributed by atoms with Crippen LogP contribution in [0.25, 0.3) is 11.1 Å². The number of hydrogen-bond acceptors (Lipinski definition) is 4. The normalized spacial score (nSPS) is 11.2. The number of carbonyl (C=O) groups is 2. The van der Waals surface area contributed by atoms with Gasteiger partial charge in [0.05, 0.1) is 23.7 Å². The number of nitriles is 1. The molecule has 0 unspecified atom stereocenters. The minimum atomic E-state index is -4.93. The number of benzene rings is 3. The molecule has 7 nitrogen and oxygen atoms in total. The Bertz CT molecular complexity index is 1370. The number of likely N-dealkylation sites (N-methyl/N-ethyl adjacent to an activating group) is 2. The highest BCUT2D eigenvalue weighted by Gasteiger charge is 2.34. The van der Waals surface area contributed by atoms with Crippen LogP contribution in [-0.4, -0.2) is 62.5 Å². The van der Waals surface area contributed by atoms with E-state index in [1.165, 1.54) is 9.80 Å². The van der Waals surface area contributed by atoms with Crippen molar-refractivity contribution >= 4 is 23.3 Å². The van der Waals surface area contributed by atoms with Gasteiger partial charge in [0.1, 0.15) is 5.82 Å². The molecule has 1 N–H and O–H groups in total. The number of urea groups is 1. The molecule has 0 spiro atoms. The van der Waals surface area contributed by atoms with E-state index in [-0.39, 0.29) is 31.2 Å². The van der Waals surface area contributed by atoms with E-state index < -0.39 is 23.6 Å². The van der Waals surface area contributed by atoms with Gasteiger partial charge in [-0.2, -0.15) is 18.4 Å². The molecule has 204 valence electrons. The maximum atomic E-state index is 13.7. The summed E-state index contributed by atoms with van der Waals surface area (Å²) in [4.78, 5) is 29.8. The standard InChI is InChI=1S/C28H27F4N5O2/c1-35(2)26(38)18-36(3)13-14-37(27(39)34-22-9-12-25(29)24(16-22)28(30,31)32)23-10-7-20(8-11-23)21-6-4-5-19(15-21)17-33/h4-12,15-16H,13-14,18H2,1-3H3,(H,34,39). The zero-order chi connectivity index (χ0) is 28.7. The van der Waals surface area contributed by atoms with Crippen molar-refractivity contribution in [2.75, 3.05) is 51.0 Å². The number of nitrogens with one attached hydrogen (secondary N) is 1. The summed E-state index contributed by atoms with van der Waals surface area (Å²) < 4.78 is 53.2. The minimum Gasteiger partial charge on any atom is -0.348 e. The molecule has 0 atom stereocenters. The lowest BCUT2D eigenvalue weighted by Gasteiger charge is -2.27. The minimum absolute atomic E-state index is 0.0969. The van der Waals surface area contributed by atoms with Gasteiger partial charge in [-0.25, -0.2) is 9.18 Å². The maximum Gasteiger partial charge on any atom is 0.419 e. The molecule has 39 heavy (non-hydrogen) atoms. The second kappa shape index (κ2) is 12.4. The van der Waals surface area contributed by atoms with Crippen LogP contribution in [0.1, 0.15) is 11.1 Å². The highest BCUT2D eigenvalue weighted by Crippen LogP contribution is 2.33. The second-order valence-electron chi connectivity index (χ2n) is 9.04. The van der Waals surface area contributed by atoms with E-state index in [9.17, 15) is 27.2 Å². The summed E-state index contributed by atoms with van der Waals surface area (Å²) in [6, 6.07) is 17.4. The maximum absolute atomic E-state index is 13.7. The zero-order valence-electron chi connectivity index (χ0n) is 21.6. The Morgan fingerprint density at radius 3 is 2.23 bits per heavy atom. The van der Waals surface area contributed by atoms with Gasteiger partial charge in [0.25, 0.3) is 0 Å². The molecule has 0 saturated heterocycles. The van der Waals surface area contributed by atoms with Crippen molar-refractivity contribution < 1.29 is 27.2 Å². The van der Waals surface area contributed by atoms with Crippen molar-refractivity contribution in [2.24, 2.45) is 0 Å². The van der Waals surface area contributed by atoms with Crippen LogP contribution in [0.3, 0.4) is 0 Å². The smallest absolute Gasteiger partial charge is 0.348 e. The van der Waals surface area contributed by atoms with Crippen LogP contribution in [0, 0.1) is 17.1 Å². The summed E-state index contributed by atoms with van der Waals surface area (Å²) in [5, 5.41) is 11.6. The fourth-order valence-electron chi connectivity index (χ4n) is 3.68. The topological polar surface area (TPSA) is 79.7 Å². The number of amides is 3. The van der Waals surface area contributed by atoms with Gasteiger partial charge in [-0.05, 0) is 60.6 Å². The zero-order valence-corrected chi connectivity index (χ0v) is 21.6. The van der Waals surface area contributed by atoms with Crippen LogP contribution in [0.4, 0.5) is 33.7 Å². The van der Waals surface area contributed by atoms with Crippen molar-refractivity contribution in [2.45, 2.75) is 6.18 Å². The third kappa shape index (κ3) is 7.78. The van der Waals surface area contributed by atoms with E-state index in [0.29, 0.717) is 23.4 Å². The number of alkyl halides is 3. The molecule has 11 heteroatoms. The first kappa shape index (κ1) is 29.1. The molecular formula is C28H27F4N5O2. The van der Waals surface area contributed by atoms with Gasteiger partial charge >= 0.3 is 12.2 Å². The first-order valence-electron chi connectivity index (χ1n) is 11.8. The average molecular weight is 542 g/mol. The van der Waals surface area contributed by atoms with E-state index >= 15 is 0 Å². The van der Waals surface area contributed by atoms with Crippen molar-refractivity contribution in [1.82, 2.24) is 9.80 Å². The molecule has 3 amide bonds. The van der Waals surface area contributed by atoms with E-state index in [2.05, 4.69) is 11.4 Å². The largest absolute Gasteiger partial charge is 0.419 e. The molecule has 0 aliphatic rings. The number of anilines is 2. The van der Waals surface area contributed by atoms with E-state index in [0.717, 1.165) is 17.2 Å². The molecule has 0 fully saturated rings. The Hall–Kier alpha value is -4.43. The SMILES string of the molecule is CN(CCN(C(=O)Nc1ccc(F)c(C(F)(F)F)c1)c1ccc(-c2cccc(C#N)c2)cc1)CC(=O)N(C)C. The van der Waals surface area contributed by atoms with Crippen molar-refractivity contribution in [3.05, 3.63) is 83.7 Å². The molecule has 0 aromatic heterocycles. The molecule has 0 aliphatic carbocycles. The molecular weight excluding hydrogens is 514 g/mol. The summed E-state index contributed by atoms with van der Waals surface area (Å²) in [6.07, 6.45) is -4.93. The summed E-state index contributed by atoms with van der Waals surface area (Å²) in [7, 11) is 4.96. The molecule has 0 aliphatic heterocycles. The Balaban J connectivity index is 1.87. The first-order valence-corrected chi connectivity index (χ1v) is 11.8. The molecule has 3 rings (SSSR count). The molecule has 3 aromatic carbocycles.